The molecule has 0 saturated carbocycles. The Morgan fingerprint density at radius 3 is 1.58 bits per heavy atom. The number of hydrogen-bond acceptors (Lipinski definition) is 3. The minimum absolute atomic E-state index is 0.250. The zero-order chi connectivity index (χ0) is 10.6. The van der Waals surface area contributed by atoms with E-state index >= 15 is 0 Å². The van der Waals surface area contributed by atoms with Gasteiger partial charge in [-0.1, -0.05) is 6.92 Å². The van der Waals surface area contributed by atoms with Crippen molar-refractivity contribution < 1.29 is 19.6 Å². The van der Waals surface area contributed by atoms with Crippen molar-refractivity contribution in [3.8, 4) is 0 Å². The lowest BCUT2D eigenvalue weighted by Crippen LogP contribution is -2.34. The summed E-state index contributed by atoms with van der Waals surface area (Å²) in [6.45, 7) is 3.24. The van der Waals surface area contributed by atoms with Crippen molar-refractivity contribution in [2.45, 2.75) is 13.3 Å². The van der Waals surface area contributed by atoms with Gasteiger partial charge in [0.1, 0.15) is 0 Å². The van der Waals surface area contributed by atoms with E-state index in [2.05, 4.69) is 34.0 Å². The molecular weight excluding hydrogens is 160 g/mol. The number of quaternary nitrogens is 1. The lowest BCUT2D eigenvalue weighted by Gasteiger charge is -2.22. The highest BCUT2D eigenvalue weighted by atomic mass is 16.4. The van der Waals surface area contributed by atoms with E-state index in [9.17, 15) is 0 Å². The predicted molar refractivity (Wildman–Crippen MR) is 47.9 cm³/mol. The fourth-order valence-corrected chi connectivity index (χ4v) is 0.671. The average molecular weight is 181 g/mol. The van der Waals surface area contributed by atoms with Crippen LogP contribution in [-0.2, 0) is 4.79 Å². The molecule has 0 aromatic rings. The molecule has 0 saturated heterocycles. The Morgan fingerprint density at radius 1 is 1.33 bits per heavy atom. The smallest absolute Gasteiger partial charge is 0.290 e. The van der Waals surface area contributed by atoms with E-state index in [4.69, 9.17) is 15.1 Å². The second-order valence-corrected chi connectivity index (χ2v) is 3.12. The molecule has 0 radical (unpaired) electrons. The summed E-state index contributed by atoms with van der Waals surface area (Å²) in [5.74, 6) is 3.50. The van der Waals surface area contributed by atoms with Crippen molar-refractivity contribution >= 4 is 6.47 Å². The second kappa shape index (κ2) is 13.0. The lowest BCUT2D eigenvalue weighted by atomic mass is 10.4. The molecule has 0 atom stereocenters. The molecule has 0 bridgehead atoms. The standard InChI is InChI=1S/C6H16N.CH2O2.H3NO/c1-5-6-7(2,3)4;2-1-3;1-2/h5-6H2,1-4H3;1H,(H,2,3);2H,1H2/q+1;;. The van der Waals surface area contributed by atoms with Gasteiger partial charge in [-0.05, 0) is 6.42 Å². The molecule has 0 aliphatic carbocycles. The van der Waals surface area contributed by atoms with Crippen LogP contribution in [0.25, 0.3) is 0 Å². The van der Waals surface area contributed by atoms with E-state index in [0.29, 0.717) is 0 Å². The first-order valence-electron chi connectivity index (χ1n) is 3.62. The Labute approximate surface area is 74.0 Å². The van der Waals surface area contributed by atoms with E-state index < -0.39 is 0 Å². The first-order valence-corrected chi connectivity index (χ1v) is 3.62. The first-order chi connectivity index (χ1) is 5.47. The van der Waals surface area contributed by atoms with Crippen LogP contribution in [0.5, 0.6) is 0 Å². The molecule has 5 nitrogen and oxygen atoms in total. The molecule has 4 N–H and O–H groups in total. The Hall–Kier alpha value is -0.650. The third-order valence-corrected chi connectivity index (χ3v) is 0.894. The fourth-order valence-electron chi connectivity index (χ4n) is 0.671. The zero-order valence-electron chi connectivity index (χ0n) is 8.32. The first kappa shape index (κ1) is 17.4. The highest BCUT2D eigenvalue weighted by molar-refractivity contribution is 5.32. The third kappa shape index (κ3) is 58.1. The van der Waals surface area contributed by atoms with Crippen LogP contribution in [-0.4, -0.2) is 49.0 Å². The summed E-state index contributed by atoms with van der Waals surface area (Å²) in [6.07, 6.45) is 1.28. The summed E-state index contributed by atoms with van der Waals surface area (Å²) in [7, 11) is 6.64. The Bertz CT molecular complexity index is 81.2. The van der Waals surface area contributed by atoms with Crippen LogP contribution in [0.3, 0.4) is 0 Å². The van der Waals surface area contributed by atoms with Crippen LogP contribution in [0.4, 0.5) is 0 Å². The van der Waals surface area contributed by atoms with Crippen LogP contribution in [0, 0.1) is 0 Å². The third-order valence-electron chi connectivity index (χ3n) is 0.894. The lowest BCUT2D eigenvalue weighted by molar-refractivity contribution is -0.870. The van der Waals surface area contributed by atoms with Gasteiger partial charge in [-0.3, -0.25) is 4.79 Å². The molecule has 0 fully saturated rings. The molecule has 0 spiro atoms. The van der Waals surface area contributed by atoms with Crippen molar-refractivity contribution in [1.82, 2.24) is 0 Å². The zero-order valence-corrected chi connectivity index (χ0v) is 8.32. The number of nitrogens with two attached hydrogens (primary N) is 1. The number of nitrogens with zero attached hydrogens (tertiary/aromatic N) is 1. The summed E-state index contributed by atoms with van der Waals surface area (Å²) in [6, 6.07) is 0. The van der Waals surface area contributed by atoms with Gasteiger partial charge in [-0.15, -0.1) is 0 Å². The van der Waals surface area contributed by atoms with Crippen LogP contribution in [0.2, 0.25) is 0 Å². The topological polar surface area (TPSA) is 83.5 Å². The van der Waals surface area contributed by atoms with Gasteiger partial charge in [0.15, 0.2) is 0 Å². The van der Waals surface area contributed by atoms with Gasteiger partial charge < -0.3 is 14.8 Å². The van der Waals surface area contributed by atoms with Gasteiger partial charge in [0, 0.05) is 0 Å². The molecule has 0 unspecified atom stereocenters. The van der Waals surface area contributed by atoms with E-state index in [1.54, 1.807) is 0 Å². The quantitative estimate of drug-likeness (QED) is 0.321. The largest absolute Gasteiger partial charge is 0.483 e. The van der Waals surface area contributed by atoms with Gasteiger partial charge in [-0.25, -0.2) is 5.90 Å². The SMILES string of the molecule is CCC[N+](C)(C)C.NO.O=CO. The summed E-state index contributed by atoms with van der Waals surface area (Å²) in [4.78, 5) is 8.36. The van der Waals surface area contributed by atoms with Gasteiger partial charge in [0.2, 0.25) is 0 Å². The van der Waals surface area contributed by atoms with Crippen molar-refractivity contribution in [2.24, 2.45) is 5.90 Å². The van der Waals surface area contributed by atoms with Crippen LogP contribution >= 0.6 is 0 Å². The monoisotopic (exact) mass is 181 g/mol. The predicted octanol–water partition coefficient (Wildman–Crippen LogP) is 0.138. The molecule has 0 rings (SSSR count). The molecular formula is C7H21N2O3+. The highest BCUT2D eigenvalue weighted by Crippen LogP contribution is 1.90. The minimum Gasteiger partial charge on any atom is -0.483 e. The van der Waals surface area contributed by atoms with Crippen molar-refractivity contribution in [2.75, 3.05) is 27.7 Å². The molecule has 0 amide bonds. The summed E-state index contributed by atoms with van der Waals surface area (Å²) < 4.78 is 1.09. The second-order valence-electron chi connectivity index (χ2n) is 3.12. The number of carbonyl (C=O) groups is 1. The Kier molecular flexibility index (Phi) is 18.9. The van der Waals surface area contributed by atoms with Gasteiger partial charge in [0.05, 0.1) is 27.7 Å². The summed E-state index contributed by atoms with van der Waals surface area (Å²) in [5, 5.41) is 13.4. The van der Waals surface area contributed by atoms with Crippen LogP contribution in [0.15, 0.2) is 0 Å². The molecule has 0 heterocycles. The van der Waals surface area contributed by atoms with Crippen molar-refractivity contribution in [1.29, 1.82) is 0 Å². The normalized spacial score (nSPS) is 8.50. The average Bonchev–Trinajstić information content (AvgIpc) is 1.91. The van der Waals surface area contributed by atoms with Crippen molar-refractivity contribution in [3.63, 3.8) is 0 Å². The maximum atomic E-state index is 8.36. The van der Waals surface area contributed by atoms with Crippen molar-refractivity contribution in [3.05, 3.63) is 0 Å². The molecule has 12 heavy (non-hydrogen) atoms. The maximum absolute atomic E-state index is 8.36. The number of hydrogen-bond donors (Lipinski definition) is 3. The summed E-state index contributed by atoms with van der Waals surface area (Å²) in [5.41, 5.74) is 0. The number of rotatable bonds is 2. The minimum atomic E-state index is -0.250. The van der Waals surface area contributed by atoms with Gasteiger partial charge in [0.25, 0.3) is 6.47 Å². The van der Waals surface area contributed by atoms with E-state index in [1.807, 2.05) is 0 Å². The van der Waals surface area contributed by atoms with E-state index in [-0.39, 0.29) is 6.47 Å². The highest BCUT2D eigenvalue weighted by Gasteiger charge is 2.01. The molecule has 0 aliphatic heterocycles. The molecule has 0 aromatic heterocycles. The molecule has 76 valence electrons. The molecule has 5 heteroatoms. The van der Waals surface area contributed by atoms with Gasteiger partial charge in [-0.2, -0.15) is 0 Å². The summed E-state index contributed by atoms with van der Waals surface area (Å²) >= 11 is 0. The molecule has 0 aromatic carbocycles. The Morgan fingerprint density at radius 2 is 1.58 bits per heavy atom. The Balaban J connectivity index is -0.000000137. The van der Waals surface area contributed by atoms with Gasteiger partial charge >= 0.3 is 0 Å². The van der Waals surface area contributed by atoms with Crippen LogP contribution in [0.1, 0.15) is 13.3 Å². The maximum Gasteiger partial charge on any atom is 0.290 e. The fraction of sp³-hybridized carbons (Fsp3) is 0.857. The number of carboxylic acid groups (broad SMARTS) is 1. The molecule has 0 aliphatic rings. The van der Waals surface area contributed by atoms with E-state index in [0.717, 1.165) is 4.48 Å². The van der Waals surface area contributed by atoms with Crippen LogP contribution < -0.4 is 5.90 Å². The van der Waals surface area contributed by atoms with E-state index in [1.165, 1.54) is 13.0 Å².